The zero-order valence-electron chi connectivity index (χ0n) is 11.8. The number of rotatable bonds is 4. The molecule has 0 unspecified atom stereocenters. The molecule has 0 fully saturated rings. The highest BCUT2D eigenvalue weighted by molar-refractivity contribution is 7.99. The molecule has 0 saturated carbocycles. The Kier molecular flexibility index (Phi) is 4.26. The van der Waals surface area contributed by atoms with E-state index in [4.69, 9.17) is 0 Å². The van der Waals surface area contributed by atoms with Crippen LogP contribution in [0.25, 0.3) is 0 Å². The maximum atomic E-state index is 12.3. The quantitative estimate of drug-likeness (QED) is 0.705. The average molecular weight is 306 g/mol. The van der Waals surface area contributed by atoms with Gasteiger partial charge in [-0.3, -0.25) is 4.79 Å². The molecule has 1 N–H and O–H groups in total. The molecule has 0 aliphatic carbocycles. The minimum absolute atomic E-state index is 0.0451. The summed E-state index contributed by atoms with van der Waals surface area (Å²) in [6.45, 7) is 0. The normalized spacial score (nSPS) is 10.4. The van der Waals surface area contributed by atoms with Crippen molar-refractivity contribution >= 4 is 17.5 Å². The van der Waals surface area contributed by atoms with Crippen LogP contribution in [0, 0.1) is 0 Å². The van der Waals surface area contributed by atoms with Gasteiger partial charge in [-0.1, -0.05) is 30.0 Å². The van der Waals surface area contributed by atoms with E-state index in [0.717, 1.165) is 4.90 Å². The van der Waals surface area contributed by atoms with Crippen LogP contribution in [0.2, 0.25) is 0 Å². The first-order valence-corrected chi connectivity index (χ1v) is 7.71. The number of carbonyl (C=O) groups excluding carboxylic acids is 1. The number of hydrogen-bond donors (Lipinski definition) is 1. The van der Waals surface area contributed by atoms with Crippen molar-refractivity contribution in [1.82, 2.24) is 0 Å². The zero-order chi connectivity index (χ0) is 15.4. The van der Waals surface area contributed by atoms with Crippen LogP contribution in [0.1, 0.15) is 15.9 Å². The highest BCUT2D eigenvalue weighted by atomic mass is 32.2. The molecule has 0 radical (unpaired) electrons. The second-order valence-electron chi connectivity index (χ2n) is 4.82. The molecule has 0 aromatic heterocycles. The summed E-state index contributed by atoms with van der Waals surface area (Å²) in [6, 6.07) is 24.0. The van der Waals surface area contributed by atoms with Gasteiger partial charge in [0, 0.05) is 20.9 Å². The van der Waals surface area contributed by atoms with Gasteiger partial charge in [-0.25, -0.2) is 0 Å². The van der Waals surface area contributed by atoms with E-state index in [1.807, 2.05) is 42.5 Å². The third-order valence-corrected chi connectivity index (χ3v) is 4.24. The molecule has 0 atom stereocenters. The van der Waals surface area contributed by atoms with E-state index in [0.29, 0.717) is 11.1 Å². The summed E-state index contributed by atoms with van der Waals surface area (Å²) in [5.41, 5.74) is 1.21. The van der Waals surface area contributed by atoms with Crippen LogP contribution >= 0.6 is 11.8 Å². The molecular weight excluding hydrogens is 292 g/mol. The molecule has 0 spiro atoms. The van der Waals surface area contributed by atoms with Crippen LogP contribution in [-0.2, 0) is 0 Å². The first-order valence-electron chi connectivity index (χ1n) is 6.89. The molecule has 108 valence electrons. The summed E-state index contributed by atoms with van der Waals surface area (Å²) in [7, 11) is 0. The van der Waals surface area contributed by atoms with Crippen LogP contribution in [0.4, 0.5) is 0 Å². The maximum Gasteiger partial charge on any atom is 0.193 e. The second kappa shape index (κ2) is 6.50. The van der Waals surface area contributed by atoms with E-state index in [9.17, 15) is 9.90 Å². The van der Waals surface area contributed by atoms with Gasteiger partial charge in [0.2, 0.25) is 0 Å². The lowest BCUT2D eigenvalue weighted by atomic mass is 10.0. The fraction of sp³-hybridized carbons (Fsp3) is 0. The van der Waals surface area contributed by atoms with Crippen LogP contribution < -0.4 is 0 Å². The summed E-state index contributed by atoms with van der Waals surface area (Å²) >= 11 is 1.66. The van der Waals surface area contributed by atoms with Crippen LogP contribution in [0.3, 0.4) is 0 Å². The van der Waals surface area contributed by atoms with E-state index in [-0.39, 0.29) is 11.5 Å². The molecular formula is C19H14O2S. The first kappa shape index (κ1) is 14.4. The standard InChI is InChI=1S/C19H14O2S/c20-16-10-6-14(7-11-16)19(21)15-8-12-18(13-9-15)22-17-4-2-1-3-5-17/h1-13,20H. The van der Waals surface area contributed by atoms with Crippen molar-refractivity contribution in [2.24, 2.45) is 0 Å². The lowest BCUT2D eigenvalue weighted by Gasteiger charge is -2.04. The lowest BCUT2D eigenvalue weighted by molar-refractivity contribution is 0.103. The number of carbonyl (C=O) groups is 1. The number of phenolic OH excluding ortho intramolecular Hbond substituents is 1. The Hall–Kier alpha value is -2.52. The average Bonchev–Trinajstić information content (AvgIpc) is 2.57. The highest BCUT2D eigenvalue weighted by Crippen LogP contribution is 2.27. The molecule has 3 rings (SSSR count). The minimum atomic E-state index is -0.0451. The molecule has 0 heterocycles. The molecule has 3 aromatic rings. The molecule has 0 aliphatic rings. The van der Waals surface area contributed by atoms with Gasteiger partial charge >= 0.3 is 0 Å². The summed E-state index contributed by atoms with van der Waals surface area (Å²) in [4.78, 5) is 14.6. The van der Waals surface area contributed by atoms with Crippen LogP contribution in [-0.4, -0.2) is 10.9 Å². The third-order valence-electron chi connectivity index (χ3n) is 3.22. The first-order chi connectivity index (χ1) is 10.7. The number of aromatic hydroxyl groups is 1. The van der Waals surface area contributed by atoms with Gasteiger partial charge in [-0.15, -0.1) is 0 Å². The van der Waals surface area contributed by atoms with Crippen molar-refractivity contribution in [3.63, 3.8) is 0 Å². The number of benzene rings is 3. The molecule has 0 bridgehead atoms. The van der Waals surface area contributed by atoms with Crippen molar-refractivity contribution < 1.29 is 9.90 Å². The van der Waals surface area contributed by atoms with Gasteiger partial charge in [0.1, 0.15) is 5.75 Å². The Labute approximate surface area is 133 Å². The summed E-state index contributed by atoms with van der Waals surface area (Å²) in [5.74, 6) is 0.113. The van der Waals surface area contributed by atoms with Gasteiger partial charge in [0.05, 0.1) is 0 Å². The number of ketones is 1. The Morgan fingerprint density at radius 1 is 0.682 bits per heavy atom. The van der Waals surface area contributed by atoms with Crippen molar-refractivity contribution in [2.45, 2.75) is 9.79 Å². The topological polar surface area (TPSA) is 37.3 Å². The van der Waals surface area contributed by atoms with Gasteiger partial charge in [0.25, 0.3) is 0 Å². The summed E-state index contributed by atoms with van der Waals surface area (Å²) in [6.07, 6.45) is 0. The Morgan fingerprint density at radius 2 is 1.18 bits per heavy atom. The molecule has 3 aromatic carbocycles. The monoisotopic (exact) mass is 306 g/mol. The molecule has 2 nitrogen and oxygen atoms in total. The molecule has 0 amide bonds. The van der Waals surface area contributed by atoms with E-state index >= 15 is 0 Å². The van der Waals surface area contributed by atoms with Crippen molar-refractivity contribution in [1.29, 1.82) is 0 Å². The maximum absolute atomic E-state index is 12.3. The predicted molar refractivity (Wildman–Crippen MR) is 88.5 cm³/mol. The highest BCUT2D eigenvalue weighted by Gasteiger charge is 2.09. The van der Waals surface area contributed by atoms with Crippen molar-refractivity contribution in [2.75, 3.05) is 0 Å². The van der Waals surface area contributed by atoms with E-state index < -0.39 is 0 Å². The number of phenols is 1. The third kappa shape index (κ3) is 3.38. The van der Waals surface area contributed by atoms with E-state index in [1.54, 1.807) is 23.9 Å². The lowest BCUT2D eigenvalue weighted by Crippen LogP contribution is -2.00. The van der Waals surface area contributed by atoms with Crippen LogP contribution in [0.15, 0.2) is 88.7 Å². The fourth-order valence-electron chi connectivity index (χ4n) is 2.08. The predicted octanol–water partition coefficient (Wildman–Crippen LogP) is 4.77. The van der Waals surface area contributed by atoms with Crippen molar-refractivity contribution in [3.05, 3.63) is 90.0 Å². The zero-order valence-corrected chi connectivity index (χ0v) is 12.6. The fourth-order valence-corrected chi connectivity index (χ4v) is 2.92. The Balaban J connectivity index is 1.76. The Bertz CT molecular complexity index is 763. The van der Waals surface area contributed by atoms with Crippen LogP contribution in [0.5, 0.6) is 5.75 Å². The molecule has 0 aliphatic heterocycles. The van der Waals surface area contributed by atoms with E-state index in [1.165, 1.54) is 17.0 Å². The number of hydrogen-bond acceptors (Lipinski definition) is 3. The molecule has 0 saturated heterocycles. The van der Waals surface area contributed by atoms with Gasteiger partial charge < -0.3 is 5.11 Å². The van der Waals surface area contributed by atoms with E-state index in [2.05, 4.69) is 12.1 Å². The van der Waals surface area contributed by atoms with Gasteiger partial charge in [-0.2, -0.15) is 0 Å². The largest absolute Gasteiger partial charge is 0.508 e. The summed E-state index contributed by atoms with van der Waals surface area (Å²) < 4.78 is 0. The van der Waals surface area contributed by atoms with Gasteiger partial charge in [-0.05, 0) is 60.7 Å². The molecule has 3 heteroatoms. The smallest absolute Gasteiger partial charge is 0.193 e. The van der Waals surface area contributed by atoms with Crippen molar-refractivity contribution in [3.8, 4) is 5.75 Å². The second-order valence-corrected chi connectivity index (χ2v) is 5.96. The minimum Gasteiger partial charge on any atom is -0.508 e. The van der Waals surface area contributed by atoms with Gasteiger partial charge in [0.15, 0.2) is 5.78 Å². The Morgan fingerprint density at radius 3 is 1.77 bits per heavy atom. The molecule has 22 heavy (non-hydrogen) atoms. The SMILES string of the molecule is O=C(c1ccc(O)cc1)c1ccc(Sc2ccccc2)cc1. The summed E-state index contributed by atoms with van der Waals surface area (Å²) in [5, 5.41) is 9.27.